The van der Waals surface area contributed by atoms with Crippen molar-refractivity contribution in [3.63, 3.8) is 0 Å². The highest BCUT2D eigenvalue weighted by molar-refractivity contribution is 6.06. The Morgan fingerprint density at radius 2 is 1.68 bits per heavy atom. The van der Waals surface area contributed by atoms with Gasteiger partial charge in [0.2, 0.25) is 0 Å². The maximum Gasteiger partial charge on any atom is 0.338 e. The highest BCUT2D eigenvalue weighted by atomic mass is 16.4. The van der Waals surface area contributed by atoms with Crippen LogP contribution in [-0.2, 0) is 4.79 Å². The third-order valence-corrected chi connectivity index (χ3v) is 3.15. The number of carboxylic acid groups (broad SMARTS) is 2. The molecular weight excluding hydrogens is 250 g/mol. The van der Waals surface area contributed by atoms with Crippen LogP contribution in [0.25, 0.3) is 0 Å². The Bertz CT molecular complexity index is 542. The summed E-state index contributed by atoms with van der Waals surface area (Å²) in [7, 11) is 0. The lowest BCUT2D eigenvalue weighted by molar-refractivity contribution is -0.119. The number of carbonyl (C=O) groups excluding carboxylic acids is 1. The van der Waals surface area contributed by atoms with Gasteiger partial charge in [-0.2, -0.15) is 0 Å². The zero-order valence-electron chi connectivity index (χ0n) is 10.1. The molecule has 0 bridgehead atoms. The number of rotatable bonds is 3. The first-order chi connectivity index (χ1) is 9.00. The third-order valence-electron chi connectivity index (χ3n) is 3.15. The van der Waals surface area contributed by atoms with Crippen LogP contribution < -0.4 is 4.90 Å². The van der Waals surface area contributed by atoms with E-state index in [-0.39, 0.29) is 16.9 Å². The first-order valence-corrected chi connectivity index (χ1v) is 5.87. The van der Waals surface area contributed by atoms with Crippen molar-refractivity contribution in [1.29, 1.82) is 0 Å². The van der Waals surface area contributed by atoms with E-state index in [1.54, 1.807) is 11.0 Å². The summed E-state index contributed by atoms with van der Waals surface area (Å²) in [5.41, 5.74) is -0.0915. The zero-order chi connectivity index (χ0) is 14.0. The molecule has 19 heavy (non-hydrogen) atoms. The number of piperidine rings is 1. The minimum Gasteiger partial charge on any atom is -0.478 e. The number of hydrogen-bond acceptors (Lipinski definition) is 4. The van der Waals surface area contributed by atoms with E-state index in [0.29, 0.717) is 31.6 Å². The molecule has 0 amide bonds. The molecule has 0 atom stereocenters. The van der Waals surface area contributed by atoms with Gasteiger partial charge in [0.15, 0.2) is 0 Å². The molecule has 1 aromatic rings. The van der Waals surface area contributed by atoms with E-state index in [0.717, 1.165) is 0 Å². The molecule has 0 spiro atoms. The Hall–Kier alpha value is -2.37. The molecular formula is C13H13NO5. The molecule has 0 unspecified atom stereocenters. The lowest BCUT2D eigenvalue weighted by atomic mass is 10.0. The molecule has 0 saturated carbocycles. The van der Waals surface area contributed by atoms with Crippen molar-refractivity contribution in [2.45, 2.75) is 12.8 Å². The Labute approximate surface area is 109 Å². The second kappa shape index (κ2) is 5.09. The predicted octanol–water partition coefficient (Wildman–Crippen LogP) is 1.25. The summed E-state index contributed by atoms with van der Waals surface area (Å²) in [5.74, 6) is -2.40. The SMILES string of the molecule is O=C1CCN(c2cccc(C(=O)O)c2C(=O)O)CC1. The quantitative estimate of drug-likeness (QED) is 0.852. The van der Waals surface area contributed by atoms with Crippen LogP contribution in [0.15, 0.2) is 18.2 Å². The Morgan fingerprint density at radius 1 is 1.05 bits per heavy atom. The van der Waals surface area contributed by atoms with E-state index < -0.39 is 11.9 Å². The van der Waals surface area contributed by atoms with Gasteiger partial charge < -0.3 is 15.1 Å². The van der Waals surface area contributed by atoms with Gasteiger partial charge in [-0.3, -0.25) is 4.79 Å². The number of Topliss-reactive ketones (excluding diaryl/α,β-unsaturated/α-hetero) is 1. The first-order valence-electron chi connectivity index (χ1n) is 5.87. The van der Waals surface area contributed by atoms with Crippen LogP contribution in [-0.4, -0.2) is 41.0 Å². The van der Waals surface area contributed by atoms with E-state index in [2.05, 4.69) is 0 Å². The number of ketones is 1. The summed E-state index contributed by atoms with van der Waals surface area (Å²) in [5, 5.41) is 18.3. The van der Waals surface area contributed by atoms with Crippen LogP contribution in [0.3, 0.4) is 0 Å². The lowest BCUT2D eigenvalue weighted by Crippen LogP contribution is -2.35. The molecule has 1 aliphatic rings. The summed E-state index contributed by atoms with van der Waals surface area (Å²) in [6.45, 7) is 0.838. The second-order valence-electron chi connectivity index (χ2n) is 4.34. The van der Waals surface area contributed by atoms with Gasteiger partial charge in [0, 0.05) is 25.9 Å². The van der Waals surface area contributed by atoms with Crippen molar-refractivity contribution >= 4 is 23.4 Å². The number of benzene rings is 1. The standard InChI is InChI=1S/C13H13NO5/c15-8-4-6-14(7-5-8)10-3-1-2-9(12(16)17)11(10)13(18)19/h1-3H,4-7H2,(H,16,17)(H,18,19). The van der Waals surface area contributed by atoms with Crippen LogP contribution in [0.4, 0.5) is 5.69 Å². The number of nitrogens with zero attached hydrogens (tertiary/aromatic N) is 1. The van der Waals surface area contributed by atoms with Crippen LogP contribution in [0.1, 0.15) is 33.6 Å². The van der Waals surface area contributed by atoms with Crippen molar-refractivity contribution in [3.05, 3.63) is 29.3 Å². The minimum atomic E-state index is -1.27. The van der Waals surface area contributed by atoms with Gasteiger partial charge >= 0.3 is 11.9 Å². The molecule has 6 heteroatoms. The number of aromatic carboxylic acids is 2. The van der Waals surface area contributed by atoms with Gasteiger partial charge in [-0.25, -0.2) is 9.59 Å². The summed E-state index contributed by atoms with van der Waals surface area (Å²) < 4.78 is 0. The fourth-order valence-corrected chi connectivity index (χ4v) is 2.20. The maximum atomic E-state index is 11.3. The summed E-state index contributed by atoms with van der Waals surface area (Å²) in [6.07, 6.45) is 0.715. The molecule has 1 aromatic carbocycles. The van der Waals surface area contributed by atoms with E-state index in [1.165, 1.54) is 12.1 Å². The largest absolute Gasteiger partial charge is 0.478 e. The number of anilines is 1. The van der Waals surface area contributed by atoms with Gasteiger partial charge in [0.05, 0.1) is 16.8 Å². The second-order valence-corrected chi connectivity index (χ2v) is 4.34. The molecule has 1 saturated heterocycles. The van der Waals surface area contributed by atoms with Crippen molar-refractivity contribution in [1.82, 2.24) is 0 Å². The fourth-order valence-electron chi connectivity index (χ4n) is 2.20. The first kappa shape index (κ1) is 13.1. The van der Waals surface area contributed by atoms with Crippen molar-refractivity contribution < 1.29 is 24.6 Å². The molecule has 1 aliphatic heterocycles. The molecule has 2 rings (SSSR count). The predicted molar refractivity (Wildman–Crippen MR) is 66.8 cm³/mol. The summed E-state index contributed by atoms with van der Waals surface area (Å²) >= 11 is 0. The number of carboxylic acids is 2. The molecule has 0 aliphatic carbocycles. The highest BCUT2D eigenvalue weighted by Gasteiger charge is 2.25. The zero-order valence-corrected chi connectivity index (χ0v) is 10.1. The highest BCUT2D eigenvalue weighted by Crippen LogP contribution is 2.26. The fraction of sp³-hybridized carbons (Fsp3) is 0.308. The van der Waals surface area contributed by atoms with Gasteiger partial charge in [-0.1, -0.05) is 6.07 Å². The van der Waals surface area contributed by atoms with Crippen molar-refractivity contribution in [2.24, 2.45) is 0 Å². The molecule has 1 fully saturated rings. The molecule has 0 radical (unpaired) electrons. The molecule has 100 valence electrons. The average Bonchev–Trinajstić information content (AvgIpc) is 2.38. The van der Waals surface area contributed by atoms with E-state index in [9.17, 15) is 19.5 Å². The van der Waals surface area contributed by atoms with Crippen LogP contribution in [0.5, 0.6) is 0 Å². The average molecular weight is 263 g/mol. The van der Waals surface area contributed by atoms with Crippen molar-refractivity contribution in [2.75, 3.05) is 18.0 Å². The van der Waals surface area contributed by atoms with Crippen LogP contribution >= 0.6 is 0 Å². The Kier molecular flexibility index (Phi) is 3.50. The lowest BCUT2D eigenvalue weighted by Gasteiger charge is -2.29. The monoisotopic (exact) mass is 263 g/mol. The van der Waals surface area contributed by atoms with E-state index >= 15 is 0 Å². The van der Waals surface area contributed by atoms with Crippen LogP contribution in [0, 0.1) is 0 Å². The number of carbonyl (C=O) groups is 3. The molecule has 1 heterocycles. The molecule has 0 aromatic heterocycles. The smallest absolute Gasteiger partial charge is 0.338 e. The van der Waals surface area contributed by atoms with Gasteiger partial charge in [0.1, 0.15) is 5.78 Å². The summed E-state index contributed by atoms with van der Waals surface area (Å²) in [6, 6.07) is 4.36. The van der Waals surface area contributed by atoms with Crippen molar-refractivity contribution in [3.8, 4) is 0 Å². The van der Waals surface area contributed by atoms with E-state index in [4.69, 9.17) is 5.11 Å². The molecule has 6 nitrogen and oxygen atoms in total. The van der Waals surface area contributed by atoms with Gasteiger partial charge in [-0.15, -0.1) is 0 Å². The third kappa shape index (κ3) is 2.57. The Balaban J connectivity index is 2.45. The van der Waals surface area contributed by atoms with Crippen LogP contribution in [0.2, 0.25) is 0 Å². The normalized spacial score (nSPS) is 15.4. The van der Waals surface area contributed by atoms with Gasteiger partial charge in [0.25, 0.3) is 0 Å². The minimum absolute atomic E-state index is 0.141. The topological polar surface area (TPSA) is 94.9 Å². The maximum absolute atomic E-state index is 11.3. The molecule has 2 N–H and O–H groups in total. The summed E-state index contributed by atoms with van der Waals surface area (Å²) in [4.78, 5) is 35.3. The van der Waals surface area contributed by atoms with Gasteiger partial charge in [-0.05, 0) is 12.1 Å². The number of hydrogen-bond donors (Lipinski definition) is 2. The Morgan fingerprint density at radius 3 is 2.21 bits per heavy atom. The van der Waals surface area contributed by atoms with E-state index in [1.807, 2.05) is 0 Å².